The molecule has 1 aliphatic heterocycles. The van der Waals surface area contributed by atoms with Gasteiger partial charge in [0.1, 0.15) is 0 Å². The zero-order valence-corrected chi connectivity index (χ0v) is 13.2. The van der Waals surface area contributed by atoms with Crippen LogP contribution in [-0.2, 0) is 16.4 Å². The Morgan fingerprint density at radius 1 is 1.35 bits per heavy atom. The maximum atomic E-state index is 11.9. The van der Waals surface area contributed by atoms with E-state index in [2.05, 4.69) is 20.7 Å². The molecule has 2 aromatic rings. The molecule has 1 saturated heterocycles. The third-order valence-electron chi connectivity index (χ3n) is 3.60. The number of amides is 2. The van der Waals surface area contributed by atoms with Gasteiger partial charge in [0.2, 0.25) is 0 Å². The molecular formula is C14H17N5O3S. The number of aromatic nitrogens is 3. The normalized spacial score (nSPS) is 19.4. The Bertz CT molecular complexity index is 789. The molecule has 1 fully saturated rings. The molecule has 3 rings (SSSR count). The van der Waals surface area contributed by atoms with Crippen molar-refractivity contribution in [2.75, 3.05) is 11.5 Å². The second kappa shape index (κ2) is 6.37. The Kier molecular flexibility index (Phi) is 4.28. The molecule has 8 nitrogen and oxygen atoms in total. The third-order valence-corrected chi connectivity index (χ3v) is 5.36. The first-order chi connectivity index (χ1) is 11.0. The lowest BCUT2D eigenvalue weighted by molar-refractivity contribution is 0.237. The van der Waals surface area contributed by atoms with Crippen LogP contribution in [0.5, 0.6) is 0 Å². The minimum absolute atomic E-state index is 0.00580. The zero-order valence-electron chi connectivity index (χ0n) is 12.3. The van der Waals surface area contributed by atoms with Crippen LogP contribution in [0.15, 0.2) is 36.8 Å². The lowest BCUT2D eigenvalue weighted by atomic mass is 10.2. The van der Waals surface area contributed by atoms with Gasteiger partial charge in [-0.2, -0.15) is 5.10 Å². The van der Waals surface area contributed by atoms with Crippen LogP contribution in [0.1, 0.15) is 12.0 Å². The molecule has 0 aromatic carbocycles. The van der Waals surface area contributed by atoms with Crippen LogP contribution in [0.25, 0.3) is 5.82 Å². The van der Waals surface area contributed by atoms with Gasteiger partial charge in [0, 0.05) is 36.7 Å². The van der Waals surface area contributed by atoms with Crippen LogP contribution in [0.2, 0.25) is 0 Å². The molecule has 9 heteroatoms. The molecule has 3 heterocycles. The molecule has 2 N–H and O–H groups in total. The lowest BCUT2D eigenvalue weighted by Gasteiger charge is -2.13. The monoisotopic (exact) mass is 335 g/mol. The van der Waals surface area contributed by atoms with E-state index in [0.717, 1.165) is 5.56 Å². The number of carbonyl (C=O) groups is 1. The molecule has 122 valence electrons. The van der Waals surface area contributed by atoms with Crippen molar-refractivity contribution >= 4 is 15.9 Å². The third kappa shape index (κ3) is 3.86. The van der Waals surface area contributed by atoms with Crippen LogP contribution < -0.4 is 10.6 Å². The molecule has 0 spiro atoms. The molecular weight excluding hydrogens is 318 g/mol. The summed E-state index contributed by atoms with van der Waals surface area (Å²) in [4.78, 5) is 16.2. The van der Waals surface area contributed by atoms with Crippen molar-refractivity contribution in [2.45, 2.75) is 19.0 Å². The van der Waals surface area contributed by atoms with Gasteiger partial charge < -0.3 is 10.6 Å². The molecule has 0 radical (unpaired) electrons. The first-order valence-electron chi connectivity index (χ1n) is 7.22. The van der Waals surface area contributed by atoms with Gasteiger partial charge in [0.25, 0.3) is 0 Å². The number of rotatable bonds is 4. The second-order valence-electron chi connectivity index (χ2n) is 5.36. The minimum Gasteiger partial charge on any atom is -0.334 e. The maximum Gasteiger partial charge on any atom is 0.315 e. The molecule has 23 heavy (non-hydrogen) atoms. The summed E-state index contributed by atoms with van der Waals surface area (Å²) >= 11 is 0. The summed E-state index contributed by atoms with van der Waals surface area (Å²) < 4.78 is 24.4. The van der Waals surface area contributed by atoms with E-state index in [0.29, 0.717) is 12.2 Å². The summed E-state index contributed by atoms with van der Waals surface area (Å²) in [7, 11) is -3.01. The van der Waals surface area contributed by atoms with Crippen LogP contribution in [0.4, 0.5) is 4.79 Å². The molecule has 1 aliphatic rings. The Morgan fingerprint density at radius 3 is 2.91 bits per heavy atom. The van der Waals surface area contributed by atoms with Crippen molar-refractivity contribution in [3.05, 3.63) is 42.4 Å². The van der Waals surface area contributed by atoms with Crippen molar-refractivity contribution in [2.24, 2.45) is 0 Å². The van der Waals surface area contributed by atoms with Gasteiger partial charge in [-0.05, 0) is 18.6 Å². The fraction of sp³-hybridized carbons (Fsp3) is 0.357. The summed E-state index contributed by atoms with van der Waals surface area (Å²) in [6, 6.07) is 4.72. The Balaban J connectivity index is 1.60. The van der Waals surface area contributed by atoms with Gasteiger partial charge in [-0.1, -0.05) is 6.07 Å². The maximum absolute atomic E-state index is 11.9. The van der Waals surface area contributed by atoms with Crippen molar-refractivity contribution in [1.82, 2.24) is 25.4 Å². The van der Waals surface area contributed by atoms with Gasteiger partial charge >= 0.3 is 6.03 Å². The summed E-state index contributed by atoms with van der Waals surface area (Å²) in [5.41, 5.74) is 0.811. The van der Waals surface area contributed by atoms with E-state index < -0.39 is 9.84 Å². The summed E-state index contributed by atoms with van der Waals surface area (Å²) in [6.45, 7) is 0.272. The van der Waals surface area contributed by atoms with Crippen LogP contribution in [-0.4, -0.2) is 46.8 Å². The zero-order chi connectivity index (χ0) is 16.3. The SMILES string of the molecule is O=C(NCc1cccnc1-n1cccn1)NC1CCS(=O)(=O)C1. The molecule has 2 aromatic heterocycles. The highest BCUT2D eigenvalue weighted by Gasteiger charge is 2.28. The summed E-state index contributed by atoms with van der Waals surface area (Å²) in [6.07, 6.45) is 5.54. The number of hydrogen-bond acceptors (Lipinski definition) is 5. The Labute approximate surface area is 133 Å². The van der Waals surface area contributed by atoms with E-state index >= 15 is 0 Å². The quantitative estimate of drug-likeness (QED) is 0.833. The van der Waals surface area contributed by atoms with Crippen LogP contribution in [0, 0.1) is 0 Å². The molecule has 1 atom stereocenters. The summed E-state index contributed by atoms with van der Waals surface area (Å²) in [5.74, 6) is 0.775. The van der Waals surface area contributed by atoms with E-state index in [1.807, 2.05) is 6.07 Å². The average Bonchev–Trinajstić information content (AvgIpc) is 3.15. The number of hydrogen-bond donors (Lipinski definition) is 2. The first-order valence-corrected chi connectivity index (χ1v) is 9.04. The van der Waals surface area contributed by atoms with Gasteiger partial charge in [0.15, 0.2) is 15.7 Å². The van der Waals surface area contributed by atoms with E-state index in [9.17, 15) is 13.2 Å². The first kappa shape index (κ1) is 15.5. The molecule has 2 amide bonds. The van der Waals surface area contributed by atoms with Crippen LogP contribution >= 0.6 is 0 Å². The van der Waals surface area contributed by atoms with Crippen molar-refractivity contribution in [1.29, 1.82) is 0 Å². The summed E-state index contributed by atoms with van der Waals surface area (Å²) in [5, 5.41) is 9.55. The number of urea groups is 1. The van der Waals surface area contributed by atoms with E-state index in [1.165, 1.54) is 0 Å². The highest BCUT2D eigenvalue weighted by atomic mass is 32.2. The van der Waals surface area contributed by atoms with E-state index in [1.54, 1.807) is 35.4 Å². The van der Waals surface area contributed by atoms with Crippen molar-refractivity contribution in [3.63, 3.8) is 0 Å². The molecule has 1 unspecified atom stereocenters. The fourth-order valence-corrected chi connectivity index (χ4v) is 4.16. The van der Waals surface area contributed by atoms with Gasteiger partial charge in [-0.25, -0.2) is 22.9 Å². The molecule has 0 saturated carbocycles. The Hall–Kier alpha value is -2.42. The second-order valence-corrected chi connectivity index (χ2v) is 7.59. The van der Waals surface area contributed by atoms with E-state index in [-0.39, 0.29) is 30.1 Å². The molecule has 0 bridgehead atoms. The van der Waals surface area contributed by atoms with Crippen molar-refractivity contribution < 1.29 is 13.2 Å². The largest absolute Gasteiger partial charge is 0.334 e. The van der Waals surface area contributed by atoms with Gasteiger partial charge in [0.05, 0.1) is 11.5 Å². The number of pyridine rings is 1. The smallest absolute Gasteiger partial charge is 0.315 e. The molecule has 0 aliphatic carbocycles. The van der Waals surface area contributed by atoms with Gasteiger partial charge in [-0.3, -0.25) is 0 Å². The number of nitrogens with zero attached hydrogens (tertiary/aromatic N) is 3. The topological polar surface area (TPSA) is 106 Å². The minimum atomic E-state index is -3.01. The average molecular weight is 335 g/mol. The fourth-order valence-electron chi connectivity index (χ4n) is 2.49. The lowest BCUT2D eigenvalue weighted by Crippen LogP contribution is -2.42. The van der Waals surface area contributed by atoms with Crippen molar-refractivity contribution in [3.8, 4) is 5.82 Å². The van der Waals surface area contributed by atoms with Crippen LogP contribution in [0.3, 0.4) is 0 Å². The highest BCUT2D eigenvalue weighted by molar-refractivity contribution is 7.91. The number of carbonyl (C=O) groups excluding carboxylic acids is 1. The highest BCUT2D eigenvalue weighted by Crippen LogP contribution is 2.12. The van der Waals surface area contributed by atoms with E-state index in [4.69, 9.17) is 0 Å². The predicted octanol–water partition coefficient (Wildman–Crippen LogP) is 0.254. The standard InChI is InChI=1S/C14H17N5O3S/c20-14(18-12-4-8-23(21,22)10-12)16-9-11-3-1-5-15-13(11)19-7-2-6-17-19/h1-3,5-7,12H,4,8-10H2,(H2,16,18,20). The van der Waals surface area contributed by atoms with Gasteiger partial charge in [-0.15, -0.1) is 0 Å². The number of nitrogens with one attached hydrogen (secondary N) is 2. The Morgan fingerprint density at radius 2 is 2.22 bits per heavy atom. The number of sulfone groups is 1. The predicted molar refractivity (Wildman–Crippen MR) is 83.8 cm³/mol.